The molecule has 3 rings (SSSR count). The van der Waals surface area contributed by atoms with Crippen LogP contribution in [0.5, 0.6) is 17.2 Å². The van der Waals surface area contributed by atoms with Crippen LogP contribution in [-0.4, -0.2) is 24.7 Å². The van der Waals surface area contributed by atoms with Crippen molar-refractivity contribution in [3.8, 4) is 17.2 Å². The highest BCUT2D eigenvalue weighted by Crippen LogP contribution is 2.41. The van der Waals surface area contributed by atoms with E-state index in [-0.39, 0.29) is 11.9 Å². The molecule has 2 atom stereocenters. The third-order valence-electron chi connectivity index (χ3n) is 4.96. The van der Waals surface area contributed by atoms with Gasteiger partial charge in [-0.15, -0.1) is 0 Å². The number of carbonyl (C=O) groups excluding carboxylic acids is 1. The number of ether oxygens (including phenoxy) is 3. The lowest BCUT2D eigenvalue weighted by molar-refractivity contribution is -0.129. The molecule has 5 nitrogen and oxygen atoms in total. The highest BCUT2D eigenvalue weighted by molar-refractivity contribution is 5.81. The van der Waals surface area contributed by atoms with Gasteiger partial charge in [0.2, 0.25) is 0 Å². The standard InChI is InChI=1S/C23H29NO4/c1-6-20(27-16-9-7-15(2)8-10-16)22(25)24-19-14-23(3,4)28-21-13-17(26-5)11-12-18(19)21/h7-13,19-20H,6,14H2,1-5H3,(H,24,25)/t19-,20+/m1/s1. The van der Waals surface area contributed by atoms with Gasteiger partial charge in [-0.25, -0.2) is 0 Å². The molecule has 0 radical (unpaired) electrons. The Morgan fingerprint density at radius 1 is 1.21 bits per heavy atom. The van der Waals surface area contributed by atoms with Crippen molar-refractivity contribution >= 4 is 5.91 Å². The lowest BCUT2D eigenvalue weighted by Crippen LogP contribution is -2.45. The maximum atomic E-state index is 13.0. The smallest absolute Gasteiger partial charge is 0.261 e. The van der Waals surface area contributed by atoms with Gasteiger partial charge in [-0.1, -0.05) is 24.6 Å². The summed E-state index contributed by atoms with van der Waals surface area (Å²) in [5, 5.41) is 3.17. The van der Waals surface area contributed by atoms with Crippen molar-refractivity contribution in [1.29, 1.82) is 0 Å². The Labute approximate surface area is 167 Å². The van der Waals surface area contributed by atoms with E-state index in [1.807, 2.05) is 70.2 Å². The molecule has 0 aliphatic carbocycles. The van der Waals surface area contributed by atoms with Crippen molar-refractivity contribution in [2.75, 3.05) is 7.11 Å². The second-order valence-corrected chi connectivity index (χ2v) is 7.86. The Morgan fingerprint density at radius 3 is 2.54 bits per heavy atom. The van der Waals surface area contributed by atoms with Crippen molar-refractivity contribution < 1.29 is 19.0 Å². The van der Waals surface area contributed by atoms with E-state index in [1.165, 1.54) is 0 Å². The van der Waals surface area contributed by atoms with Gasteiger partial charge >= 0.3 is 0 Å². The molecule has 0 saturated carbocycles. The molecule has 1 heterocycles. The molecule has 28 heavy (non-hydrogen) atoms. The first-order valence-corrected chi connectivity index (χ1v) is 9.72. The third kappa shape index (κ3) is 4.58. The number of benzene rings is 2. The quantitative estimate of drug-likeness (QED) is 0.793. The highest BCUT2D eigenvalue weighted by atomic mass is 16.5. The minimum atomic E-state index is -0.546. The van der Waals surface area contributed by atoms with Gasteiger partial charge < -0.3 is 19.5 Å². The first-order chi connectivity index (χ1) is 13.3. The molecule has 0 unspecified atom stereocenters. The minimum Gasteiger partial charge on any atom is -0.497 e. The van der Waals surface area contributed by atoms with Crippen molar-refractivity contribution in [2.24, 2.45) is 0 Å². The normalized spacial score (nSPS) is 18.4. The lowest BCUT2D eigenvalue weighted by atomic mass is 9.89. The molecule has 2 aromatic rings. The molecule has 1 aliphatic rings. The first kappa shape index (κ1) is 20.1. The van der Waals surface area contributed by atoms with Crippen molar-refractivity contribution in [2.45, 2.75) is 58.3 Å². The zero-order valence-corrected chi connectivity index (χ0v) is 17.2. The van der Waals surface area contributed by atoms with Crippen LogP contribution in [0.3, 0.4) is 0 Å². The fraction of sp³-hybridized carbons (Fsp3) is 0.435. The summed E-state index contributed by atoms with van der Waals surface area (Å²) in [6.45, 7) is 8.02. The Hall–Kier alpha value is -2.69. The van der Waals surface area contributed by atoms with Crippen LogP contribution >= 0.6 is 0 Å². The lowest BCUT2D eigenvalue weighted by Gasteiger charge is -2.38. The summed E-state index contributed by atoms with van der Waals surface area (Å²) in [7, 11) is 1.63. The number of fused-ring (bicyclic) bond motifs is 1. The molecular weight excluding hydrogens is 354 g/mol. The molecule has 1 amide bonds. The minimum absolute atomic E-state index is 0.118. The molecular formula is C23H29NO4. The van der Waals surface area contributed by atoms with Gasteiger partial charge in [0.15, 0.2) is 6.10 Å². The predicted molar refractivity (Wildman–Crippen MR) is 109 cm³/mol. The van der Waals surface area contributed by atoms with Gasteiger partial charge in [-0.2, -0.15) is 0 Å². The Kier molecular flexibility index (Phi) is 5.82. The fourth-order valence-electron chi connectivity index (χ4n) is 3.46. The third-order valence-corrected chi connectivity index (χ3v) is 4.96. The van der Waals surface area contributed by atoms with Crippen molar-refractivity contribution in [1.82, 2.24) is 5.32 Å². The van der Waals surface area contributed by atoms with Crippen molar-refractivity contribution in [3.05, 3.63) is 53.6 Å². The maximum absolute atomic E-state index is 13.0. The zero-order chi connectivity index (χ0) is 20.3. The van der Waals surface area contributed by atoms with Crippen LogP contribution in [0, 0.1) is 6.92 Å². The highest BCUT2D eigenvalue weighted by Gasteiger charge is 2.36. The van der Waals surface area contributed by atoms with Gasteiger partial charge in [0, 0.05) is 18.1 Å². The van der Waals surface area contributed by atoms with E-state index in [1.54, 1.807) is 7.11 Å². The molecule has 0 saturated heterocycles. The summed E-state index contributed by atoms with van der Waals surface area (Å²) < 4.78 is 17.3. The number of methoxy groups -OCH3 is 1. The zero-order valence-electron chi connectivity index (χ0n) is 17.2. The maximum Gasteiger partial charge on any atom is 0.261 e. The largest absolute Gasteiger partial charge is 0.497 e. The first-order valence-electron chi connectivity index (χ1n) is 9.72. The van der Waals surface area contributed by atoms with Crippen LogP contribution in [-0.2, 0) is 4.79 Å². The predicted octanol–water partition coefficient (Wildman–Crippen LogP) is 4.58. The van der Waals surface area contributed by atoms with E-state index in [0.717, 1.165) is 22.6 Å². The van der Waals surface area contributed by atoms with Crippen LogP contribution in [0.25, 0.3) is 0 Å². The van der Waals surface area contributed by atoms with Crippen LogP contribution in [0.15, 0.2) is 42.5 Å². The van der Waals surface area contributed by atoms with E-state index < -0.39 is 11.7 Å². The van der Waals surface area contributed by atoms with Crippen molar-refractivity contribution in [3.63, 3.8) is 0 Å². The molecule has 1 N–H and O–H groups in total. The van der Waals surface area contributed by atoms with E-state index in [4.69, 9.17) is 14.2 Å². The monoisotopic (exact) mass is 383 g/mol. The summed E-state index contributed by atoms with van der Waals surface area (Å²) in [6, 6.07) is 13.3. The Morgan fingerprint density at radius 2 is 1.89 bits per heavy atom. The molecule has 2 aromatic carbocycles. The number of aryl methyl sites for hydroxylation is 1. The number of amides is 1. The van der Waals surface area contributed by atoms with E-state index >= 15 is 0 Å². The molecule has 0 spiro atoms. The van der Waals surface area contributed by atoms with E-state index in [0.29, 0.717) is 18.6 Å². The number of carbonyl (C=O) groups is 1. The van der Waals surface area contributed by atoms with Gasteiger partial charge in [0.1, 0.15) is 22.8 Å². The Balaban J connectivity index is 1.77. The molecule has 1 aliphatic heterocycles. The van der Waals surface area contributed by atoms with Gasteiger partial charge in [0.05, 0.1) is 13.2 Å². The van der Waals surface area contributed by atoms with Crippen LogP contribution in [0.1, 0.15) is 50.8 Å². The van der Waals surface area contributed by atoms with Crippen LogP contribution in [0.2, 0.25) is 0 Å². The summed E-state index contributed by atoms with van der Waals surface area (Å²) in [5.41, 5.74) is 1.72. The SMILES string of the molecule is CC[C@H](Oc1ccc(C)cc1)C(=O)N[C@@H]1CC(C)(C)Oc2cc(OC)ccc21. The van der Waals surface area contributed by atoms with E-state index in [2.05, 4.69) is 5.32 Å². The number of hydrogen-bond donors (Lipinski definition) is 1. The molecule has 0 bridgehead atoms. The average Bonchev–Trinajstić information content (AvgIpc) is 2.66. The summed E-state index contributed by atoms with van der Waals surface area (Å²) in [6.07, 6.45) is 0.719. The summed E-state index contributed by atoms with van der Waals surface area (Å²) >= 11 is 0. The molecule has 5 heteroatoms. The van der Waals surface area contributed by atoms with Gasteiger partial charge in [-0.05, 0) is 51.5 Å². The topological polar surface area (TPSA) is 56.8 Å². The molecule has 0 aromatic heterocycles. The van der Waals surface area contributed by atoms with Gasteiger partial charge in [-0.3, -0.25) is 4.79 Å². The fourth-order valence-corrected chi connectivity index (χ4v) is 3.46. The average molecular weight is 383 g/mol. The second kappa shape index (κ2) is 8.13. The van der Waals surface area contributed by atoms with Crippen LogP contribution in [0.4, 0.5) is 0 Å². The number of nitrogens with one attached hydrogen (secondary N) is 1. The molecule has 150 valence electrons. The number of rotatable bonds is 6. The number of hydrogen-bond acceptors (Lipinski definition) is 4. The van der Waals surface area contributed by atoms with Gasteiger partial charge in [0.25, 0.3) is 5.91 Å². The Bertz CT molecular complexity index is 829. The molecule has 0 fully saturated rings. The van der Waals surface area contributed by atoms with Crippen LogP contribution < -0.4 is 19.5 Å². The summed E-state index contributed by atoms with van der Waals surface area (Å²) in [5.74, 6) is 2.06. The van der Waals surface area contributed by atoms with E-state index in [9.17, 15) is 4.79 Å². The summed E-state index contributed by atoms with van der Waals surface area (Å²) in [4.78, 5) is 13.0. The second-order valence-electron chi connectivity index (χ2n) is 7.86.